The van der Waals surface area contributed by atoms with Crippen LogP contribution in [0, 0.1) is 6.92 Å². The zero-order valence-electron chi connectivity index (χ0n) is 13.1. The Hall–Kier alpha value is -2.34. The fraction of sp³-hybridized carbons (Fsp3) is 0.375. The van der Waals surface area contributed by atoms with E-state index in [2.05, 4.69) is 20.6 Å². The molecule has 0 aliphatic carbocycles. The van der Waals surface area contributed by atoms with Crippen LogP contribution in [-0.4, -0.2) is 34.3 Å². The molecule has 0 bridgehead atoms. The minimum atomic E-state index is 0.0391. The highest BCUT2D eigenvalue weighted by atomic mass is 16.5. The van der Waals surface area contributed by atoms with Gasteiger partial charge >= 0.3 is 0 Å². The first-order valence-electron chi connectivity index (χ1n) is 7.31. The van der Waals surface area contributed by atoms with Crippen LogP contribution in [0.1, 0.15) is 19.5 Å². The van der Waals surface area contributed by atoms with E-state index in [4.69, 9.17) is 9.84 Å². The van der Waals surface area contributed by atoms with Gasteiger partial charge in [0, 0.05) is 24.0 Å². The van der Waals surface area contributed by atoms with E-state index in [1.165, 1.54) is 0 Å². The van der Waals surface area contributed by atoms with Crippen molar-refractivity contribution in [3.8, 4) is 5.75 Å². The molecule has 2 rings (SSSR count). The lowest BCUT2D eigenvalue weighted by Gasteiger charge is -2.12. The van der Waals surface area contributed by atoms with Gasteiger partial charge in [0.05, 0.1) is 12.7 Å². The highest BCUT2D eigenvalue weighted by Crippen LogP contribution is 2.20. The smallest absolute Gasteiger partial charge is 0.224 e. The number of hydrogen-bond donors (Lipinski definition) is 3. The maximum atomic E-state index is 8.84. The Morgan fingerprint density at radius 2 is 1.91 bits per heavy atom. The Balaban J connectivity index is 2.07. The monoisotopic (exact) mass is 302 g/mol. The number of aromatic nitrogens is 2. The predicted molar refractivity (Wildman–Crippen MR) is 87.8 cm³/mol. The molecule has 3 N–H and O–H groups in total. The quantitative estimate of drug-likeness (QED) is 0.730. The van der Waals surface area contributed by atoms with Crippen molar-refractivity contribution >= 4 is 17.5 Å². The SMILES string of the molecule is Cc1cc(Nc2ccc(OC(C)C)cc2)nc(NCCO)n1. The van der Waals surface area contributed by atoms with Crippen LogP contribution in [-0.2, 0) is 0 Å². The fourth-order valence-corrected chi connectivity index (χ4v) is 1.92. The molecular formula is C16H22N4O2. The van der Waals surface area contributed by atoms with E-state index in [1.54, 1.807) is 0 Å². The summed E-state index contributed by atoms with van der Waals surface area (Å²) in [6.45, 7) is 6.35. The third kappa shape index (κ3) is 4.89. The maximum absolute atomic E-state index is 8.84. The van der Waals surface area contributed by atoms with E-state index in [-0.39, 0.29) is 12.7 Å². The van der Waals surface area contributed by atoms with Crippen molar-refractivity contribution in [2.45, 2.75) is 26.9 Å². The molecule has 22 heavy (non-hydrogen) atoms. The summed E-state index contributed by atoms with van der Waals surface area (Å²) in [5.41, 5.74) is 1.76. The maximum Gasteiger partial charge on any atom is 0.224 e. The summed E-state index contributed by atoms with van der Waals surface area (Å²) in [5, 5.41) is 15.0. The molecule has 0 amide bonds. The van der Waals surface area contributed by atoms with Gasteiger partial charge in [0.2, 0.25) is 5.95 Å². The van der Waals surface area contributed by atoms with Crippen LogP contribution < -0.4 is 15.4 Å². The van der Waals surface area contributed by atoms with Gasteiger partial charge in [-0.25, -0.2) is 4.98 Å². The zero-order chi connectivity index (χ0) is 15.9. The van der Waals surface area contributed by atoms with E-state index in [0.717, 1.165) is 17.1 Å². The first kappa shape index (κ1) is 16.0. The van der Waals surface area contributed by atoms with E-state index >= 15 is 0 Å². The lowest BCUT2D eigenvalue weighted by Crippen LogP contribution is -2.10. The summed E-state index contributed by atoms with van der Waals surface area (Å²) in [6, 6.07) is 9.58. The van der Waals surface area contributed by atoms with Crippen LogP contribution in [0.5, 0.6) is 5.75 Å². The lowest BCUT2D eigenvalue weighted by molar-refractivity contribution is 0.242. The molecule has 1 aromatic carbocycles. The number of aliphatic hydroxyl groups is 1. The molecule has 0 radical (unpaired) electrons. The van der Waals surface area contributed by atoms with Crippen LogP contribution in [0.15, 0.2) is 30.3 Å². The third-order valence-electron chi connectivity index (χ3n) is 2.75. The van der Waals surface area contributed by atoms with Crippen LogP contribution >= 0.6 is 0 Å². The molecule has 0 fully saturated rings. The summed E-state index contributed by atoms with van der Waals surface area (Å²) < 4.78 is 5.61. The number of aryl methyl sites for hydroxylation is 1. The van der Waals surface area contributed by atoms with Crippen LogP contribution in [0.4, 0.5) is 17.5 Å². The Morgan fingerprint density at radius 1 is 1.18 bits per heavy atom. The lowest BCUT2D eigenvalue weighted by atomic mass is 10.3. The minimum Gasteiger partial charge on any atom is -0.491 e. The van der Waals surface area contributed by atoms with Crippen molar-refractivity contribution in [1.82, 2.24) is 9.97 Å². The Labute approximate surface area is 130 Å². The normalized spacial score (nSPS) is 10.6. The second-order valence-electron chi connectivity index (χ2n) is 5.18. The second-order valence-corrected chi connectivity index (χ2v) is 5.18. The van der Waals surface area contributed by atoms with Gasteiger partial charge in [-0.15, -0.1) is 0 Å². The van der Waals surface area contributed by atoms with Crippen molar-refractivity contribution in [3.63, 3.8) is 0 Å². The van der Waals surface area contributed by atoms with Crippen molar-refractivity contribution in [3.05, 3.63) is 36.0 Å². The van der Waals surface area contributed by atoms with E-state index < -0.39 is 0 Å². The average molecular weight is 302 g/mol. The molecule has 0 saturated carbocycles. The third-order valence-corrected chi connectivity index (χ3v) is 2.75. The molecule has 118 valence electrons. The minimum absolute atomic E-state index is 0.0391. The van der Waals surface area contributed by atoms with Gasteiger partial charge < -0.3 is 20.5 Å². The molecule has 1 aromatic heterocycles. The molecule has 6 nitrogen and oxygen atoms in total. The van der Waals surface area contributed by atoms with Gasteiger partial charge in [-0.2, -0.15) is 4.98 Å². The number of nitrogens with one attached hydrogen (secondary N) is 2. The molecule has 6 heteroatoms. The molecule has 0 saturated heterocycles. The number of benzene rings is 1. The van der Waals surface area contributed by atoms with E-state index in [1.807, 2.05) is 51.1 Å². The first-order valence-corrected chi connectivity index (χ1v) is 7.31. The zero-order valence-corrected chi connectivity index (χ0v) is 13.1. The molecule has 0 aliphatic heterocycles. The molecule has 0 atom stereocenters. The molecule has 0 unspecified atom stereocenters. The summed E-state index contributed by atoms with van der Waals surface area (Å²) in [5.74, 6) is 2.03. The summed E-state index contributed by atoms with van der Waals surface area (Å²) >= 11 is 0. The van der Waals surface area contributed by atoms with Gasteiger partial charge in [-0.05, 0) is 45.0 Å². The Kier molecular flexibility index (Phi) is 5.55. The van der Waals surface area contributed by atoms with Crippen LogP contribution in [0.25, 0.3) is 0 Å². The number of aliphatic hydroxyl groups excluding tert-OH is 1. The number of rotatable bonds is 7. The van der Waals surface area contributed by atoms with Crippen molar-refractivity contribution in [2.24, 2.45) is 0 Å². The van der Waals surface area contributed by atoms with Gasteiger partial charge in [0.15, 0.2) is 0 Å². The predicted octanol–water partition coefficient (Wildman–Crippen LogP) is 2.72. The highest BCUT2D eigenvalue weighted by Gasteiger charge is 2.03. The van der Waals surface area contributed by atoms with Crippen molar-refractivity contribution < 1.29 is 9.84 Å². The van der Waals surface area contributed by atoms with Crippen LogP contribution in [0.3, 0.4) is 0 Å². The number of hydrogen-bond acceptors (Lipinski definition) is 6. The number of ether oxygens (including phenoxy) is 1. The Morgan fingerprint density at radius 3 is 2.55 bits per heavy atom. The average Bonchev–Trinajstić information content (AvgIpc) is 2.46. The molecule has 0 spiro atoms. The standard InChI is InChI=1S/C16H22N4O2/c1-11(2)22-14-6-4-13(5-7-14)19-15-10-12(3)18-16(20-15)17-8-9-21/h4-7,10-11,21H,8-9H2,1-3H3,(H2,17,18,19,20). The highest BCUT2D eigenvalue weighted by molar-refractivity contribution is 5.58. The Bertz CT molecular complexity index is 600. The summed E-state index contributed by atoms with van der Waals surface area (Å²) in [7, 11) is 0. The van der Waals surface area contributed by atoms with Crippen LogP contribution in [0.2, 0.25) is 0 Å². The van der Waals surface area contributed by atoms with Gasteiger partial charge in [-0.3, -0.25) is 0 Å². The van der Waals surface area contributed by atoms with E-state index in [9.17, 15) is 0 Å². The molecular weight excluding hydrogens is 280 g/mol. The topological polar surface area (TPSA) is 79.3 Å². The van der Waals surface area contributed by atoms with Crippen molar-refractivity contribution in [1.29, 1.82) is 0 Å². The van der Waals surface area contributed by atoms with Gasteiger partial charge in [0.25, 0.3) is 0 Å². The fourth-order valence-electron chi connectivity index (χ4n) is 1.92. The first-order chi connectivity index (χ1) is 10.6. The van der Waals surface area contributed by atoms with Gasteiger partial charge in [0.1, 0.15) is 11.6 Å². The summed E-state index contributed by atoms with van der Waals surface area (Å²) in [4.78, 5) is 8.63. The molecule has 1 heterocycles. The second kappa shape index (κ2) is 7.61. The van der Waals surface area contributed by atoms with Crippen molar-refractivity contribution in [2.75, 3.05) is 23.8 Å². The largest absolute Gasteiger partial charge is 0.491 e. The molecule has 0 aliphatic rings. The number of nitrogens with zero attached hydrogens (tertiary/aromatic N) is 2. The molecule has 2 aromatic rings. The number of anilines is 3. The summed E-state index contributed by atoms with van der Waals surface area (Å²) in [6.07, 6.45) is 0.156. The van der Waals surface area contributed by atoms with E-state index in [0.29, 0.717) is 18.3 Å². The van der Waals surface area contributed by atoms with Gasteiger partial charge in [-0.1, -0.05) is 0 Å².